The quantitative estimate of drug-likeness (QED) is 0.638. The second kappa shape index (κ2) is 7.85. The second-order valence-corrected chi connectivity index (χ2v) is 7.27. The molecule has 2 heterocycles. The Balaban J connectivity index is 1.76. The predicted molar refractivity (Wildman–Crippen MR) is 116 cm³/mol. The monoisotopic (exact) mass is 432 g/mol. The van der Waals surface area contributed by atoms with Crippen LogP contribution in [0, 0.1) is 0 Å². The van der Waals surface area contributed by atoms with Crippen molar-refractivity contribution >= 4 is 11.5 Å². The number of aliphatic carboxylic acids is 1. The van der Waals surface area contributed by atoms with Gasteiger partial charge < -0.3 is 28.8 Å². The largest absolute Gasteiger partial charge is 0.497 e. The SMILES string of the molecule is COc1ccc(C2=C(C(=O)O)C(c3ccc4c(c3)OCO4)Oc3c(OC)cccc32)cc1. The van der Waals surface area contributed by atoms with E-state index in [2.05, 4.69) is 0 Å². The Labute approximate surface area is 184 Å². The standard InChI is InChI=1S/C25H20O7/c1-28-16-9-6-14(7-10-16)21-17-4-3-5-19(29-2)24(17)32-23(22(21)25(26)27)15-8-11-18-20(12-15)31-13-30-18/h3-12,23H,13H2,1-2H3,(H,26,27). The number of ether oxygens (including phenoxy) is 5. The average Bonchev–Trinajstić information content (AvgIpc) is 3.30. The van der Waals surface area contributed by atoms with Gasteiger partial charge in [-0.25, -0.2) is 4.79 Å². The molecule has 0 bridgehead atoms. The highest BCUT2D eigenvalue weighted by Gasteiger charge is 2.37. The van der Waals surface area contributed by atoms with Gasteiger partial charge in [-0.15, -0.1) is 0 Å². The van der Waals surface area contributed by atoms with E-state index >= 15 is 0 Å². The maximum absolute atomic E-state index is 12.6. The summed E-state index contributed by atoms with van der Waals surface area (Å²) in [5.41, 5.74) is 2.68. The van der Waals surface area contributed by atoms with Crippen LogP contribution < -0.4 is 23.7 Å². The number of para-hydroxylation sites is 1. The topological polar surface area (TPSA) is 83.5 Å². The number of carbonyl (C=O) groups is 1. The molecule has 1 N–H and O–H groups in total. The number of benzene rings is 3. The van der Waals surface area contributed by atoms with Gasteiger partial charge in [0, 0.05) is 16.7 Å². The molecule has 0 spiro atoms. The molecule has 3 aromatic carbocycles. The molecule has 7 heteroatoms. The molecular weight excluding hydrogens is 412 g/mol. The summed E-state index contributed by atoms with van der Waals surface area (Å²) in [7, 11) is 3.14. The van der Waals surface area contributed by atoms with E-state index in [4.69, 9.17) is 23.7 Å². The third-order valence-corrected chi connectivity index (χ3v) is 5.54. The summed E-state index contributed by atoms with van der Waals surface area (Å²) < 4.78 is 28.0. The summed E-state index contributed by atoms with van der Waals surface area (Å²) in [6, 6.07) is 18.0. The maximum atomic E-state index is 12.6. The third-order valence-electron chi connectivity index (χ3n) is 5.54. The van der Waals surface area contributed by atoms with Gasteiger partial charge in [0.25, 0.3) is 0 Å². The van der Waals surface area contributed by atoms with Gasteiger partial charge in [0.15, 0.2) is 29.1 Å². The highest BCUT2D eigenvalue weighted by Crippen LogP contribution is 2.49. The molecule has 162 valence electrons. The number of carboxylic acids is 1. The zero-order chi connectivity index (χ0) is 22.2. The minimum Gasteiger partial charge on any atom is -0.497 e. The molecule has 0 radical (unpaired) electrons. The summed E-state index contributed by atoms with van der Waals surface area (Å²) in [5.74, 6) is 1.76. The Morgan fingerprint density at radius 1 is 0.969 bits per heavy atom. The van der Waals surface area contributed by atoms with E-state index in [-0.39, 0.29) is 12.4 Å². The first-order chi connectivity index (χ1) is 15.6. The van der Waals surface area contributed by atoms with Crippen molar-refractivity contribution in [3.8, 4) is 28.7 Å². The van der Waals surface area contributed by atoms with Crippen molar-refractivity contribution in [2.24, 2.45) is 0 Å². The van der Waals surface area contributed by atoms with E-state index < -0.39 is 12.1 Å². The molecule has 0 amide bonds. The molecule has 0 fully saturated rings. The summed E-state index contributed by atoms with van der Waals surface area (Å²) in [5, 5.41) is 10.3. The van der Waals surface area contributed by atoms with Gasteiger partial charge in [0.1, 0.15) is 5.75 Å². The van der Waals surface area contributed by atoms with Gasteiger partial charge in [-0.3, -0.25) is 0 Å². The van der Waals surface area contributed by atoms with Crippen LogP contribution in [0.5, 0.6) is 28.7 Å². The first-order valence-corrected chi connectivity index (χ1v) is 9.96. The van der Waals surface area contributed by atoms with Crippen LogP contribution in [-0.4, -0.2) is 32.1 Å². The molecular formula is C25H20O7. The van der Waals surface area contributed by atoms with Gasteiger partial charge in [-0.1, -0.05) is 30.3 Å². The van der Waals surface area contributed by atoms with Crippen molar-refractivity contribution in [1.29, 1.82) is 0 Å². The molecule has 2 aliphatic heterocycles. The van der Waals surface area contributed by atoms with Crippen molar-refractivity contribution in [3.05, 3.63) is 82.9 Å². The second-order valence-electron chi connectivity index (χ2n) is 7.27. The lowest BCUT2D eigenvalue weighted by Gasteiger charge is -2.31. The van der Waals surface area contributed by atoms with Gasteiger partial charge in [-0.2, -0.15) is 0 Å². The van der Waals surface area contributed by atoms with Crippen LogP contribution in [0.25, 0.3) is 5.57 Å². The first-order valence-electron chi connectivity index (χ1n) is 9.96. The van der Waals surface area contributed by atoms with E-state index in [0.717, 1.165) is 5.56 Å². The fourth-order valence-electron chi connectivity index (χ4n) is 4.05. The van der Waals surface area contributed by atoms with E-state index in [1.54, 1.807) is 50.6 Å². The zero-order valence-electron chi connectivity index (χ0n) is 17.5. The minimum atomic E-state index is -1.08. The van der Waals surface area contributed by atoms with Gasteiger partial charge in [0.2, 0.25) is 6.79 Å². The lowest BCUT2D eigenvalue weighted by molar-refractivity contribution is -0.133. The Kier molecular flexibility index (Phi) is 4.86. The molecule has 2 aliphatic rings. The molecule has 3 aromatic rings. The molecule has 1 unspecified atom stereocenters. The van der Waals surface area contributed by atoms with E-state index in [0.29, 0.717) is 45.4 Å². The van der Waals surface area contributed by atoms with Crippen molar-refractivity contribution in [2.45, 2.75) is 6.10 Å². The van der Waals surface area contributed by atoms with Crippen LogP contribution in [0.2, 0.25) is 0 Å². The number of fused-ring (bicyclic) bond motifs is 2. The normalized spacial score (nSPS) is 16.2. The fraction of sp³-hybridized carbons (Fsp3) is 0.160. The Bertz CT molecular complexity index is 1230. The average molecular weight is 432 g/mol. The van der Waals surface area contributed by atoms with Crippen molar-refractivity contribution in [1.82, 2.24) is 0 Å². The van der Waals surface area contributed by atoms with Crippen molar-refractivity contribution in [2.75, 3.05) is 21.0 Å². The molecule has 7 nitrogen and oxygen atoms in total. The van der Waals surface area contributed by atoms with Crippen molar-refractivity contribution < 1.29 is 33.6 Å². The molecule has 0 saturated carbocycles. The zero-order valence-corrected chi connectivity index (χ0v) is 17.5. The van der Waals surface area contributed by atoms with E-state index in [1.165, 1.54) is 0 Å². The fourth-order valence-corrected chi connectivity index (χ4v) is 4.05. The summed E-state index contributed by atoms with van der Waals surface area (Å²) in [6.45, 7) is 0.125. The summed E-state index contributed by atoms with van der Waals surface area (Å²) in [4.78, 5) is 12.6. The van der Waals surface area contributed by atoms with Crippen LogP contribution in [-0.2, 0) is 4.79 Å². The van der Waals surface area contributed by atoms with Crippen LogP contribution in [0.15, 0.2) is 66.2 Å². The number of rotatable bonds is 5. The van der Waals surface area contributed by atoms with Crippen LogP contribution >= 0.6 is 0 Å². The van der Waals surface area contributed by atoms with Gasteiger partial charge >= 0.3 is 5.97 Å². The Morgan fingerprint density at radius 2 is 1.75 bits per heavy atom. The van der Waals surface area contributed by atoms with Crippen LogP contribution in [0.1, 0.15) is 22.8 Å². The minimum absolute atomic E-state index is 0.120. The Morgan fingerprint density at radius 3 is 2.47 bits per heavy atom. The summed E-state index contributed by atoms with van der Waals surface area (Å²) >= 11 is 0. The number of methoxy groups -OCH3 is 2. The number of hydrogen-bond donors (Lipinski definition) is 1. The van der Waals surface area contributed by atoms with Crippen LogP contribution in [0.3, 0.4) is 0 Å². The smallest absolute Gasteiger partial charge is 0.336 e. The molecule has 0 saturated heterocycles. The molecule has 5 rings (SSSR count). The lowest BCUT2D eigenvalue weighted by Crippen LogP contribution is -2.23. The third kappa shape index (κ3) is 3.19. The summed E-state index contributed by atoms with van der Waals surface area (Å²) in [6.07, 6.45) is -0.886. The number of hydrogen-bond acceptors (Lipinski definition) is 6. The van der Waals surface area contributed by atoms with Gasteiger partial charge in [-0.05, 0) is 35.9 Å². The lowest BCUT2D eigenvalue weighted by atomic mass is 9.85. The van der Waals surface area contributed by atoms with Crippen LogP contribution in [0.4, 0.5) is 0 Å². The maximum Gasteiger partial charge on any atom is 0.336 e. The molecule has 0 aromatic heterocycles. The highest BCUT2D eigenvalue weighted by molar-refractivity contribution is 6.04. The molecule has 32 heavy (non-hydrogen) atoms. The highest BCUT2D eigenvalue weighted by atomic mass is 16.7. The van der Waals surface area contributed by atoms with Gasteiger partial charge in [0.05, 0.1) is 19.8 Å². The van der Waals surface area contributed by atoms with E-state index in [9.17, 15) is 9.90 Å². The Hall–Kier alpha value is -4.13. The van der Waals surface area contributed by atoms with E-state index in [1.807, 2.05) is 24.3 Å². The van der Waals surface area contributed by atoms with Crippen molar-refractivity contribution in [3.63, 3.8) is 0 Å². The first kappa shape index (κ1) is 19.8. The number of carboxylic acid groups (broad SMARTS) is 1. The predicted octanol–water partition coefficient (Wildman–Crippen LogP) is 4.45. The molecule has 0 aliphatic carbocycles. The molecule has 1 atom stereocenters.